The monoisotopic (exact) mass is 287 g/mol. The lowest BCUT2D eigenvalue weighted by Crippen LogP contribution is -2.54. The van der Waals surface area contributed by atoms with Crippen LogP contribution in [-0.2, 0) is 9.59 Å². The first-order valence-corrected chi connectivity index (χ1v) is 6.41. The molecule has 0 bridgehead atoms. The molecule has 0 aliphatic heterocycles. The van der Waals surface area contributed by atoms with E-state index in [0.717, 1.165) is 0 Å². The first-order valence-electron chi connectivity index (χ1n) is 6.41. The third kappa shape index (κ3) is 5.46. The van der Waals surface area contributed by atoms with Crippen LogP contribution in [0.3, 0.4) is 0 Å². The van der Waals surface area contributed by atoms with Crippen LogP contribution < -0.4 is 16.0 Å². The van der Waals surface area contributed by atoms with Crippen molar-refractivity contribution in [3.63, 3.8) is 0 Å². The number of aliphatic carboxylic acids is 1. The van der Waals surface area contributed by atoms with Crippen molar-refractivity contribution in [3.05, 3.63) is 0 Å². The molecule has 7 heteroatoms. The van der Waals surface area contributed by atoms with E-state index in [1.807, 2.05) is 0 Å². The number of hydrogen-bond acceptors (Lipinski definition) is 3. The van der Waals surface area contributed by atoms with Crippen LogP contribution in [0.5, 0.6) is 0 Å². The molecule has 3 amide bonds. The second-order valence-electron chi connectivity index (χ2n) is 6.43. The molecule has 0 rings (SSSR count). The van der Waals surface area contributed by atoms with Crippen molar-refractivity contribution in [1.29, 1.82) is 0 Å². The maximum atomic E-state index is 11.7. The topological polar surface area (TPSA) is 108 Å². The molecule has 7 nitrogen and oxygen atoms in total. The van der Waals surface area contributed by atoms with Gasteiger partial charge in [0.2, 0.25) is 5.91 Å². The van der Waals surface area contributed by atoms with Crippen molar-refractivity contribution < 1.29 is 19.5 Å². The summed E-state index contributed by atoms with van der Waals surface area (Å²) in [5.74, 6) is -1.30. The molecule has 20 heavy (non-hydrogen) atoms. The van der Waals surface area contributed by atoms with Crippen LogP contribution in [0.2, 0.25) is 0 Å². The number of carboxylic acids is 1. The van der Waals surface area contributed by atoms with Gasteiger partial charge in [0.25, 0.3) is 0 Å². The standard InChI is InChI=1S/C13H25N3O4/c1-12(2,3)8(9(17)18)16-11(20)15-7-13(4,5)10(19)14-6/h8H,7H2,1-6H3,(H,14,19)(H,17,18)(H2,15,16,20)/t8-/m0/s1. The van der Waals surface area contributed by atoms with Crippen LogP contribution in [0.25, 0.3) is 0 Å². The van der Waals surface area contributed by atoms with Crippen molar-refractivity contribution in [3.8, 4) is 0 Å². The molecule has 0 aromatic carbocycles. The number of hydrogen-bond donors (Lipinski definition) is 4. The number of carbonyl (C=O) groups excluding carboxylic acids is 2. The molecule has 0 unspecified atom stereocenters. The fourth-order valence-corrected chi connectivity index (χ4v) is 1.55. The lowest BCUT2D eigenvalue weighted by atomic mass is 9.87. The third-order valence-corrected chi connectivity index (χ3v) is 2.92. The maximum Gasteiger partial charge on any atom is 0.326 e. The molecule has 0 saturated heterocycles. The number of urea groups is 1. The van der Waals surface area contributed by atoms with Crippen molar-refractivity contribution in [2.45, 2.75) is 40.7 Å². The van der Waals surface area contributed by atoms with Gasteiger partial charge in [-0.1, -0.05) is 20.8 Å². The van der Waals surface area contributed by atoms with Crippen molar-refractivity contribution in [2.75, 3.05) is 13.6 Å². The molecule has 4 N–H and O–H groups in total. The van der Waals surface area contributed by atoms with E-state index in [1.165, 1.54) is 7.05 Å². The zero-order valence-corrected chi connectivity index (χ0v) is 13.0. The van der Waals surface area contributed by atoms with E-state index in [-0.39, 0.29) is 12.5 Å². The number of carboxylic acid groups (broad SMARTS) is 1. The number of rotatable bonds is 5. The average molecular weight is 287 g/mol. The lowest BCUT2D eigenvalue weighted by molar-refractivity contribution is -0.142. The molecule has 0 fully saturated rings. The van der Waals surface area contributed by atoms with Gasteiger partial charge in [0.15, 0.2) is 0 Å². The van der Waals surface area contributed by atoms with Gasteiger partial charge in [0.05, 0.1) is 5.41 Å². The summed E-state index contributed by atoms with van der Waals surface area (Å²) in [5.41, 5.74) is -1.38. The second-order valence-corrected chi connectivity index (χ2v) is 6.43. The predicted molar refractivity (Wildman–Crippen MR) is 75.3 cm³/mol. The Balaban J connectivity index is 4.57. The molecule has 0 spiro atoms. The SMILES string of the molecule is CNC(=O)C(C)(C)CNC(=O)N[C@@H](C(=O)O)C(C)(C)C. The summed E-state index contributed by atoms with van der Waals surface area (Å²) >= 11 is 0. The highest BCUT2D eigenvalue weighted by atomic mass is 16.4. The van der Waals surface area contributed by atoms with E-state index in [1.54, 1.807) is 34.6 Å². The molecule has 0 aromatic rings. The Morgan fingerprint density at radius 1 is 1.10 bits per heavy atom. The Kier molecular flexibility index (Phi) is 5.99. The molecule has 0 radical (unpaired) electrons. The highest BCUT2D eigenvalue weighted by Gasteiger charge is 2.33. The first kappa shape index (κ1) is 18.2. The van der Waals surface area contributed by atoms with Crippen LogP contribution >= 0.6 is 0 Å². The van der Waals surface area contributed by atoms with E-state index < -0.39 is 28.9 Å². The van der Waals surface area contributed by atoms with Gasteiger partial charge < -0.3 is 21.1 Å². The Hall–Kier alpha value is -1.79. The van der Waals surface area contributed by atoms with Crippen LogP contribution in [0.4, 0.5) is 4.79 Å². The molecule has 0 saturated carbocycles. The molecule has 0 aromatic heterocycles. The Morgan fingerprint density at radius 2 is 1.60 bits per heavy atom. The summed E-state index contributed by atoms with van der Waals surface area (Å²) < 4.78 is 0. The summed E-state index contributed by atoms with van der Waals surface area (Å²) in [7, 11) is 1.52. The van der Waals surface area contributed by atoms with Gasteiger partial charge in [0.1, 0.15) is 6.04 Å². The molecular formula is C13H25N3O4. The first-order chi connectivity index (χ1) is 8.91. The Morgan fingerprint density at radius 3 is 1.95 bits per heavy atom. The van der Waals surface area contributed by atoms with Crippen molar-refractivity contribution >= 4 is 17.9 Å². The summed E-state index contributed by atoms with van der Waals surface area (Å²) in [4.78, 5) is 34.4. The minimum atomic E-state index is -1.10. The normalized spacial score (nSPS) is 13.3. The largest absolute Gasteiger partial charge is 0.480 e. The van der Waals surface area contributed by atoms with E-state index in [2.05, 4.69) is 16.0 Å². The zero-order valence-electron chi connectivity index (χ0n) is 13.0. The Bertz CT molecular complexity index is 386. The fourth-order valence-electron chi connectivity index (χ4n) is 1.55. The van der Waals surface area contributed by atoms with Crippen molar-refractivity contribution in [2.24, 2.45) is 10.8 Å². The predicted octanol–water partition coefficient (Wildman–Crippen LogP) is 0.557. The maximum absolute atomic E-state index is 11.7. The third-order valence-electron chi connectivity index (χ3n) is 2.92. The molecular weight excluding hydrogens is 262 g/mol. The van der Waals surface area contributed by atoms with Gasteiger partial charge in [-0.15, -0.1) is 0 Å². The van der Waals surface area contributed by atoms with Gasteiger partial charge >= 0.3 is 12.0 Å². The van der Waals surface area contributed by atoms with Crippen LogP contribution in [0.15, 0.2) is 0 Å². The Labute approximate surface area is 119 Å². The van der Waals surface area contributed by atoms with Crippen molar-refractivity contribution in [1.82, 2.24) is 16.0 Å². The molecule has 1 atom stereocenters. The summed E-state index contributed by atoms with van der Waals surface area (Å²) in [6.45, 7) is 8.64. The molecule has 0 aliphatic rings. The van der Waals surface area contributed by atoms with E-state index in [0.29, 0.717) is 0 Å². The minimum Gasteiger partial charge on any atom is -0.480 e. The summed E-state index contributed by atoms with van der Waals surface area (Å²) in [6, 6.07) is -1.62. The summed E-state index contributed by atoms with van der Waals surface area (Å²) in [6.07, 6.45) is 0. The highest BCUT2D eigenvalue weighted by Crippen LogP contribution is 2.19. The smallest absolute Gasteiger partial charge is 0.326 e. The van der Waals surface area contributed by atoms with Gasteiger partial charge in [-0.3, -0.25) is 4.79 Å². The van der Waals surface area contributed by atoms with Crippen LogP contribution in [-0.4, -0.2) is 42.6 Å². The average Bonchev–Trinajstić information content (AvgIpc) is 2.30. The van der Waals surface area contributed by atoms with Crippen LogP contribution in [0.1, 0.15) is 34.6 Å². The minimum absolute atomic E-state index is 0.106. The van der Waals surface area contributed by atoms with Gasteiger partial charge in [-0.2, -0.15) is 0 Å². The van der Waals surface area contributed by atoms with Gasteiger partial charge in [0, 0.05) is 13.6 Å². The van der Waals surface area contributed by atoms with Gasteiger partial charge in [-0.25, -0.2) is 9.59 Å². The fraction of sp³-hybridized carbons (Fsp3) is 0.769. The second kappa shape index (κ2) is 6.58. The van der Waals surface area contributed by atoms with Crippen LogP contribution in [0, 0.1) is 10.8 Å². The lowest BCUT2D eigenvalue weighted by Gasteiger charge is -2.29. The number of nitrogens with one attached hydrogen (secondary N) is 3. The van der Waals surface area contributed by atoms with Gasteiger partial charge in [-0.05, 0) is 19.3 Å². The molecule has 0 aliphatic carbocycles. The number of carbonyl (C=O) groups is 3. The highest BCUT2D eigenvalue weighted by molar-refractivity contribution is 5.85. The molecule has 116 valence electrons. The zero-order chi connectivity index (χ0) is 16.1. The molecule has 0 heterocycles. The quantitative estimate of drug-likeness (QED) is 0.592. The summed E-state index contributed by atoms with van der Waals surface area (Å²) in [5, 5.41) is 16.5. The van der Waals surface area contributed by atoms with E-state index in [9.17, 15) is 14.4 Å². The van der Waals surface area contributed by atoms with E-state index in [4.69, 9.17) is 5.11 Å². The number of amides is 3. The van der Waals surface area contributed by atoms with E-state index >= 15 is 0 Å².